The van der Waals surface area contributed by atoms with Gasteiger partial charge in [0.15, 0.2) is 0 Å². The fourth-order valence-corrected chi connectivity index (χ4v) is 2.10. The van der Waals surface area contributed by atoms with Gasteiger partial charge in [-0.1, -0.05) is 6.42 Å². The Morgan fingerprint density at radius 1 is 1.46 bits per heavy atom. The van der Waals surface area contributed by atoms with Crippen molar-refractivity contribution in [1.82, 2.24) is 4.90 Å². The molecule has 0 aromatic rings. The van der Waals surface area contributed by atoms with Crippen LogP contribution in [0.25, 0.3) is 0 Å². The van der Waals surface area contributed by atoms with Crippen molar-refractivity contribution < 1.29 is 5.11 Å². The van der Waals surface area contributed by atoms with Gasteiger partial charge in [-0.25, -0.2) is 0 Å². The summed E-state index contributed by atoms with van der Waals surface area (Å²) in [6.07, 6.45) is 4.04. The Balaban J connectivity index is 2.25. The maximum Gasteiger partial charge on any atom is 0.0595 e. The van der Waals surface area contributed by atoms with E-state index in [0.29, 0.717) is 5.92 Å². The van der Waals surface area contributed by atoms with Crippen molar-refractivity contribution in [3.05, 3.63) is 0 Å². The van der Waals surface area contributed by atoms with Crippen molar-refractivity contribution in [2.75, 3.05) is 20.6 Å². The highest BCUT2D eigenvalue weighted by molar-refractivity contribution is 4.85. The highest BCUT2D eigenvalue weighted by Gasteiger charge is 2.29. The van der Waals surface area contributed by atoms with Crippen LogP contribution >= 0.6 is 0 Å². The molecule has 1 rings (SSSR count). The maximum atomic E-state index is 9.86. The third-order valence-electron chi connectivity index (χ3n) is 2.99. The van der Waals surface area contributed by atoms with E-state index < -0.39 is 0 Å². The second-order valence-electron chi connectivity index (χ2n) is 4.42. The molecule has 3 N–H and O–H groups in total. The Morgan fingerprint density at radius 2 is 2.15 bits per heavy atom. The van der Waals surface area contributed by atoms with Crippen LogP contribution in [0.3, 0.4) is 0 Å². The Morgan fingerprint density at radius 3 is 2.62 bits per heavy atom. The molecule has 3 atom stereocenters. The van der Waals surface area contributed by atoms with Gasteiger partial charge in [0.2, 0.25) is 0 Å². The molecule has 0 amide bonds. The lowest BCUT2D eigenvalue weighted by atomic mass is 9.95. The Kier molecular flexibility index (Phi) is 4.16. The van der Waals surface area contributed by atoms with Crippen LogP contribution in [0, 0.1) is 5.92 Å². The highest BCUT2D eigenvalue weighted by Crippen LogP contribution is 2.28. The van der Waals surface area contributed by atoms with E-state index in [9.17, 15) is 5.11 Å². The summed E-state index contributed by atoms with van der Waals surface area (Å²) in [5.74, 6) is 0.347. The predicted molar refractivity (Wildman–Crippen MR) is 54.5 cm³/mol. The third-order valence-corrected chi connectivity index (χ3v) is 2.99. The number of rotatable bonds is 4. The van der Waals surface area contributed by atoms with Crippen LogP contribution < -0.4 is 5.73 Å². The monoisotopic (exact) mass is 186 g/mol. The van der Waals surface area contributed by atoms with Crippen LogP contribution in [0.15, 0.2) is 0 Å². The molecule has 0 heterocycles. The molecule has 1 saturated carbocycles. The second-order valence-corrected chi connectivity index (χ2v) is 4.42. The van der Waals surface area contributed by atoms with Gasteiger partial charge in [-0.2, -0.15) is 0 Å². The summed E-state index contributed by atoms with van der Waals surface area (Å²) < 4.78 is 0. The summed E-state index contributed by atoms with van der Waals surface area (Å²) in [5, 5.41) is 9.86. The first-order valence-corrected chi connectivity index (χ1v) is 5.19. The predicted octanol–water partition coefficient (Wildman–Crippen LogP) is 0.426. The van der Waals surface area contributed by atoms with Crippen molar-refractivity contribution >= 4 is 0 Å². The van der Waals surface area contributed by atoms with Crippen molar-refractivity contribution in [3.8, 4) is 0 Å². The molecule has 0 radical (unpaired) electrons. The first-order chi connectivity index (χ1) is 6.11. The van der Waals surface area contributed by atoms with Crippen LogP contribution in [0.1, 0.15) is 25.7 Å². The SMILES string of the molecule is CN(C)CCC(O)C1CCCC1N. The van der Waals surface area contributed by atoms with E-state index in [1.165, 1.54) is 6.42 Å². The van der Waals surface area contributed by atoms with Crippen molar-refractivity contribution in [2.24, 2.45) is 11.7 Å². The molecule has 0 aromatic heterocycles. The fourth-order valence-electron chi connectivity index (χ4n) is 2.10. The van der Waals surface area contributed by atoms with Crippen LogP contribution in [0.2, 0.25) is 0 Å². The summed E-state index contributed by atoms with van der Waals surface area (Å²) in [5.41, 5.74) is 5.91. The Bertz CT molecular complexity index is 150. The van der Waals surface area contributed by atoms with E-state index >= 15 is 0 Å². The van der Waals surface area contributed by atoms with Gasteiger partial charge in [0.1, 0.15) is 0 Å². The fraction of sp³-hybridized carbons (Fsp3) is 1.00. The van der Waals surface area contributed by atoms with E-state index in [0.717, 1.165) is 25.8 Å². The van der Waals surface area contributed by atoms with Gasteiger partial charge in [-0.15, -0.1) is 0 Å². The summed E-state index contributed by atoms with van der Waals surface area (Å²) in [6, 6.07) is 0.233. The van der Waals surface area contributed by atoms with Crippen LogP contribution in [-0.4, -0.2) is 42.8 Å². The summed E-state index contributed by atoms with van der Waals surface area (Å²) in [7, 11) is 4.06. The van der Waals surface area contributed by atoms with Gasteiger partial charge >= 0.3 is 0 Å². The average molecular weight is 186 g/mol. The quantitative estimate of drug-likeness (QED) is 0.669. The molecule has 0 bridgehead atoms. The molecule has 1 aliphatic rings. The van der Waals surface area contributed by atoms with Gasteiger partial charge < -0.3 is 15.7 Å². The van der Waals surface area contributed by atoms with Crippen LogP contribution in [0.4, 0.5) is 0 Å². The average Bonchev–Trinajstić information content (AvgIpc) is 2.47. The van der Waals surface area contributed by atoms with Crippen molar-refractivity contribution in [1.29, 1.82) is 0 Å². The maximum absolute atomic E-state index is 9.86. The number of hydrogen-bond acceptors (Lipinski definition) is 3. The zero-order valence-corrected chi connectivity index (χ0v) is 8.74. The molecule has 3 heteroatoms. The number of hydrogen-bond donors (Lipinski definition) is 2. The number of aliphatic hydroxyl groups is 1. The smallest absolute Gasteiger partial charge is 0.0595 e. The molecule has 78 valence electrons. The van der Waals surface area contributed by atoms with Gasteiger partial charge in [-0.05, 0) is 45.8 Å². The van der Waals surface area contributed by atoms with E-state index in [1.54, 1.807) is 0 Å². The zero-order valence-electron chi connectivity index (χ0n) is 8.74. The normalized spacial score (nSPS) is 31.2. The van der Waals surface area contributed by atoms with E-state index in [-0.39, 0.29) is 12.1 Å². The molecular formula is C10H22N2O. The van der Waals surface area contributed by atoms with Gasteiger partial charge in [0.25, 0.3) is 0 Å². The molecular weight excluding hydrogens is 164 g/mol. The van der Waals surface area contributed by atoms with Gasteiger partial charge in [0, 0.05) is 6.04 Å². The highest BCUT2D eigenvalue weighted by atomic mass is 16.3. The second kappa shape index (κ2) is 4.94. The molecule has 0 aromatic carbocycles. The molecule has 0 spiro atoms. The lowest BCUT2D eigenvalue weighted by Crippen LogP contribution is -2.35. The standard InChI is InChI=1S/C10H22N2O/c1-12(2)7-6-10(13)8-4-3-5-9(8)11/h8-10,13H,3-7,11H2,1-2H3. The minimum absolute atomic E-state index is 0.195. The topological polar surface area (TPSA) is 49.5 Å². The first kappa shape index (κ1) is 11.0. The van der Waals surface area contributed by atoms with Gasteiger partial charge in [0.05, 0.1) is 6.10 Å². The number of aliphatic hydroxyl groups excluding tert-OH is 1. The molecule has 3 nitrogen and oxygen atoms in total. The van der Waals surface area contributed by atoms with Crippen LogP contribution in [0.5, 0.6) is 0 Å². The third kappa shape index (κ3) is 3.25. The van der Waals surface area contributed by atoms with E-state index in [2.05, 4.69) is 4.90 Å². The lowest BCUT2D eigenvalue weighted by molar-refractivity contribution is 0.0864. The lowest BCUT2D eigenvalue weighted by Gasteiger charge is -2.23. The minimum Gasteiger partial charge on any atom is -0.393 e. The van der Waals surface area contributed by atoms with Crippen LogP contribution in [-0.2, 0) is 0 Å². The zero-order chi connectivity index (χ0) is 9.84. The minimum atomic E-state index is -0.195. The largest absolute Gasteiger partial charge is 0.393 e. The molecule has 13 heavy (non-hydrogen) atoms. The number of nitrogens with two attached hydrogens (primary N) is 1. The summed E-state index contributed by atoms with van der Waals surface area (Å²) in [4.78, 5) is 2.10. The molecule has 0 saturated heterocycles. The van der Waals surface area contributed by atoms with E-state index in [1.807, 2.05) is 14.1 Å². The first-order valence-electron chi connectivity index (χ1n) is 5.19. The van der Waals surface area contributed by atoms with Crippen molar-refractivity contribution in [3.63, 3.8) is 0 Å². The Labute approximate surface area is 80.9 Å². The summed E-state index contributed by atoms with van der Waals surface area (Å²) >= 11 is 0. The molecule has 1 aliphatic carbocycles. The Hall–Kier alpha value is -0.120. The summed E-state index contributed by atoms with van der Waals surface area (Å²) in [6.45, 7) is 0.949. The van der Waals surface area contributed by atoms with E-state index in [4.69, 9.17) is 5.73 Å². The van der Waals surface area contributed by atoms with Crippen molar-refractivity contribution in [2.45, 2.75) is 37.8 Å². The molecule has 0 aliphatic heterocycles. The number of nitrogens with zero attached hydrogens (tertiary/aromatic N) is 1. The molecule has 1 fully saturated rings. The molecule has 3 unspecified atom stereocenters. The van der Waals surface area contributed by atoms with Gasteiger partial charge in [-0.3, -0.25) is 0 Å².